The van der Waals surface area contributed by atoms with Gasteiger partial charge in [-0.25, -0.2) is 26.6 Å². The third kappa shape index (κ3) is 7.05. The van der Waals surface area contributed by atoms with E-state index in [1.54, 1.807) is 0 Å². The predicted molar refractivity (Wildman–Crippen MR) is 160 cm³/mol. The van der Waals surface area contributed by atoms with Crippen molar-refractivity contribution in [3.05, 3.63) is 0 Å². The number of likely N-dealkylation sites (tertiary alicyclic amines) is 3. The number of hydrogen-bond acceptors (Lipinski definition) is 10. The van der Waals surface area contributed by atoms with Gasteiger partial charge in [-0.3, -0.25) is 14.1 Å². The van der Waals surface area contributed by atoms with Gasteiger partial charge in [0.15, 0.2) is 10.3 Å². The van der Waals surface area contributed by atoms with Crippen molar-refractivity contribution >= 4 is 44.5 Å². The molecule has 260 valence electrons. The summed E-state index contributed by atoms with van der Waals surface area (Å²) in [6, 6.07) is -3.46. The third-order valence-electron chi connectivity index (χ3n) is 9.92. The zero-order chi connectivity index (χ0) is 33.6. The molecule has 0 spiro atoms. The molecule has 6 saturated heterocycles. The monoisotopic (exact) mass is 692 g/mol. The number of nitrogens with zero attached hydrogens (tertiary/aromatic N) is 5. The first-order chi connectivity index (χ1) is 21.5. The van der Waals surface area contributed by atoms with Crippen LogP contribution in [0.25, 0.3) is 0 Å². The molecule has 0 aromatic heterocycles. The lowest BCUT2D eigenvalue weighted by Crippen LogP contribution is -2.69. The van der Waals surface area contributed by atoms with Crippen LogP contribution >= 0.6 is 0 Å². The number of quaternary nitrogens is 1. The van der Waals surface area contributed by atoms with E-state index in [4.69, 9.17) is 4.55 Å². The number of hydrogen-bond donors (Lipinski definition) is 4. The van der Waals surface area contributed by atoms with Gasteiger partial charge in [-0.2, -0.15) is 8.42 Å². The van der Waals surface area contributed by atoms with Crippen molar-refractivity contribution in [2.45, 2.75) is 87.6 Å². The minimum absolute atomic E-state index is 0.0611. The lowest BCUT2D eigenvalue weighted by molar-refractivity contribution is -0.889. The van der Waals surface area contributed by atoms with Crippen molar-refractivity contribution in [1.29, 1.82) is 0 Å². The zero-order valence-corrected chi connectivity index (χ0v) is 27.7. The summed E-state index contributed by atoms with van der Waals surface area (Å²) in [4.78, 5) is 51.4. The number of urea groups is 2. The first-order valence-electron chi connectivity index (χ1n) is 15.8. The zero-order valence-electron chi connectivity index (χ0n) is 26.0. The highest BCUT2D eigenvalue weighted by molar-refractivity contribution is 7.84. The van der Waals surface area contributed by atoms with Crippen LogP contribution in [-0.4, -0.2) is 162 Å². The van der Waals surface area contributed by atoms with E-state index in [1.165, 1.54) is 9.80 Å². The van der Waals surface area contributed by atoms with Gasteiger partial charge in [0.25, 0.3) is 11.8 Å². The van der Waals surface area contributed by atoms with Gasteiger partial charge in [0.2, 0.25) is 0 Å². The average Bonchev–Trinajstić information content (AvgIpc) is 3.31. The van der Waals surface area contributed by atoms with Gasteiger partial charge in [0.05, 0.1) is 39.3 Å². The highest BCUT2D eigenvalue weighted by atomic mass is 32.2. The summed E-state index contributed by atoms with van der Waals surface area (Å²) in [5.74, 6) is -1.52. The Hall–Kier alpha value is -2.78. The number of β-lactam (4-membered cyclic amide) rings is 2. The summed E-state index contributed by atoms with van der Waals surface area (Å²) in [7, 11) is -4.99. The van der Waals surface area contributed by atoms with Crippen LogP contribution in [0.15, 0.2) is 0 Å². The fourth-order valence-electron chi connectivity index (χ4n) is 7.43. The molecule has 0 aromatic carbocycles. The number of amides is 6. The molecule has 6 aliphatic heterocycles. The van der Waals surface area contributed by atoms with Gasteiger partial charge >= 0.3 is 22.4 Å². The summed E-state index contributed by atoms with van der Waals surface area (Å²) in [6.45, 7) is 4.40. The van der Waals surface area contributed by atoms with Crippen LogP contribution in [0.4, 0.5) is 9.59 Å². The average molecular weight is 693 g/mol. The smallest absolute Gasteiger partial charge is 0.362 e. The Balaban J connectivity index is 0.000000182. The number of carbonyl (C=O) groups is 4. The van der Waals surface area contributed by atoms with Crippen LogP contribution in [0, 0.1) is 0 Å². The Bertz CT molecular complexity index is 1440. The predicted octanol–water partition coefficient (Wildman–Crippen LogP) is -2.00. The van der Waals surface area contributed by atoms with E-state index in [0.717, 1.165) is 69.2 Å². The molecule has 6 atom stereocenters. The second-order valence-corrected chi connectivity index (χ2v) is 16.0. The SMILES string of the molecule is C[N+]1(C)CCC[C@H](NC(=O)N2CC[C@@H]3[C@H]2C(=O)N3S(=O)(=O)[O-])CC1.O=C(N[C@H]1CCCNCC1)N1CC[C@@H]2[C@H]1C(=O)N2S(=O)(=O)O. The van der Waals surface area contributed by atoms with Gasteiger partial charge < -0.3 is 34.8 Å². The standard InChI is InChI=1S/C14H24N4O5S.C12H20N4O5S/c1-18(2)8-3-4-10(6-9-18)15-14(20)16-7-5-11-12(16)13(19)17(11)24(21,22)23;17-11-10-9(16(11)22(19,20)21)4-7-15(10)12(18)14-8-2-1-5-13-6-3-8/h10-12H,3-9H2,1-2H3,(H-,15,20,21,22,23);8-10,13H,1-7H2,(H,14,18)(H,19,20,21)/t10-,11+,12-;8-,9+,10-/m00/s1. The minimum Gasteiger partial charge on any atom is -0.731 e. The molecule has 0 bridgehead atoms. The minimum atomic E-state index is -4.79. The van der Waals surface area contributed by atoms with Crippen LogP contribution in [-0.2, 0) is 30.2 Å². The summed E-state index contributed by atoms with van der Waals surface area (Å²) < 4.78 is 66.3. The lowest BCUT2D eigenvalue weighted by Gasteiger charge is -2.45. The highest BCUT2D eigenvalue weighted by Crippen LogP contribution is 2.36. The van der Waals surface area contributed by atoms with E-state index >= 15 is 0 Å². The highest BCUT2D eigenvalue weighted by Gasteiger charge is 2.60. The molecular weight excluding hydrogens is 648 g/mol. The van der Waals surface area contributed by atoms with Crippen molar-refractivity contribution in [3.63, 3.8) is 0 Å². The molecule has 46 heavy (non-hydrogen) atoms. The molecule has 0 radical (unpaired) electrons. The molecule has 4 N–H and O–H groups in total. The van der Waals surface area contributed by atoms with Gasteiger partial charge in [-0.1, -0.05) is 0 Å². The van der Waals surface area contributed by atoms with Gasteiger partial charge in [0.1, 0.15) is 12.1 Å². The Morgan fingerprint density at radius 3 is 1.87 bits per heavy atom. The maximum Gasteiger partial charge on any atom is 0.362 e. The molecule has 0 unspecified atom stereocenters. The van der Waals surface area contributed by atoms with Crippen molar-refractivity contribution in [1.82, 2.24) is 34.4 Å². The van der Waals surface area contributed by atoms with Crippen molar-refractivity contribution < 1.29 is 49.6 Å². The Kier molecular flexibility index (Phi) is 9.78. The number of carbonyl (C=O) groups excluding carboxylic acids is 4. The van der Waals surface area contributed by atoms with Crippen molar-refractivity contribution in [3.8, 4) is 0 Å². The molecule has 6 rings (SSSR count). The summed E-state index contributed by atoms with van der Waals surface area (Å²) in [5, 5.41) is 9.16. The molecule has 20 heteroatoms. The fourth-order valence-corrected chi connectivity index (χ4v) is 9.21. The fraction of sp³-hybridized carbons (Fsp3) is 0.846. The molecular formula is C26H44N8O10S2. The first kappa shape index (κ1) is 34.6. The molecule has 0 aliphatic carbocycles. The molecule has 6 fully saturated rings. The first-order valence-corrected chi connectivity index (χ1v) is 18.5. The number of nitrogens with one attached hydrogen (secondary N) is 3. The summed E-state index contributed by atoms with van der Waals surface area (Å²) in [5.41, 5.74) is 0. The van der Waals surface area contributed by atoms with E-state index in [0.29, 0.717) is 28.0 Å². The van der Waals surface area contributed by atoms with Gasteiger partial charge in [-0.15, -0.1) is 0 Å². The number of fused-ring (bicyclic) bond motifs is 2. The van der Waals surface area contributed by atoms with Crippen LogP contribution in [0.3, 0.4) is 0 Å². The third-order valence-corrected chi connectivity index (χ3v) is 11.8. The normalized spacial score (nSPS) is 32.5. The quantitative estimate of drug-likeness (QED) is 0.143. The topological polar surface area (TPSA) is 229 Å². The largest absolute Gasteiger partial charge is 0.731 e. The van der Waals surface area contributed by atoms with Crippen LogP contribution < -0.4 is 16.0 Å². The van der Waals surface area contributed by atoms with Crippen LogP contribution in [0.5, 0.6) is 0 Å². The van der Waals surface area contributed by atoms with Crippen molar-refractivity contribution in [2.75, 3.05) is 53.4 Å². The van der Waals surface area contributed by atoms with E-state index in [-0.39, 0.29) is 30.7 Å². The van der Waals surface area contributed by atoms with E-state index in [9.17, 15) is 40.6 Å². The van der Waals surface area contributed by atoms with E-state index < -0.39 is 56.6 Å². The molecule has 6 aliphatic rings. The lowest BCUT2D eigenvalue weighted by atomic mass is 10.0. The van der Waals surface area contributed by atoms with Crippen LogP contribution in [0.1, 0.15) is 51.4 Å². The van der Waals surface area contributed by atoms with Crippen LogP contribution in [0.2, 0.25) is 0 Å². The van der Waals surface area contributed by atoms with Gasteiger partial charge in [0, 0.05) is 31.6 Å². The Labute approximate surface area is 269 Å². The molecule has 0 saturated carbocycles. The second kappa shape index (κ2) is 13.0. The molecule has 6 amide bonds. The maximum absolute atomic E-state index is 12.5. The van der Waals surface area contributed by atoms with E-state index in [2.05, 4.69) is 30.0 Å². The Morgan fingerprint density at radius 1 is 0.783 bits per heavy atom. The Morgan fingerprint density at radius 2 is 1.30 bits per heavy atom. The van der Waals surface area contributed by atoms with Crippen molar-refractivity contribution in [2.24, 2.45) is 0 Å². The maximum atomic E-state index is 12.5. The second-order valence-electron chi connectivity index (χ2n) is 13.5. The summed E-state index contributed by atoms with van der Waals surface area (Å²) in [6.07, 6.45) is 6.15. The van der Waals surface area contributed by atoms with E-state index in [1.807, 2.05) is 0 Å². The molecule has 18 nitrogen and oxygen atoms in total. The molecule has 6 heterocycles. The summed E-state index contributed by atoms with van der Waals surface area (Å²) >= 11 is 0. The number of rotatable bonds is 4. The van der Waals surface area contributed by atoms with Gasteiger partial charge in [-0.05, 0) is 58.0 Å². The molecule has 0 aromatic rings.